The van der Waals surface area contributed by atoms with Gasteiger partial charge >= 0.3 is 0 Å². The fourth-order valence-corrected chi connectivity index (χ4v) is 5.08. The molecule has 0 saturated heterocycles. The van der Waals surface area contributed by atoms with Gasteiger partial charge in [-0.05, 0) is 75.6 Å². The summed E-state index contributed by atoms with van der Waals surface area (Å²) in [5.74, 6) is 0.765. The number of anilines is 1. The molecular formula is C28H31NO2. The van der Waals surface area contributed by atoms with E-state index >= 15 is 0 Å². The van der Waals surface area contributed by atoms with Crippen molar-refractivity contribution in [2.24, 2.45) is 0 Å². The van der Waals surface area contributed by atoms with E-state index < -0.39 is 0 Å². The molecule has 160 valence electrons. The number of fused-ring (bicyclic) bond motifs is 1. The smallest absolute Gasteiger partial charge is 0.258 e. The van der Waals surface area contributed by atoms with Gasteiger partial charge in [0.05, 0.1) is 7.11 Å². The van der Waals surface area contributed by atoms with Crippen LogP contribution in [0.15, 0.2) is 66.7 Å². The van der Waals surface area contributed by atoms with E-state index in [0.717, 1.165) is 17.9 Å². The summed E-state index contributed by atoms with van der Waals surface area (Å²) in [6.07, 6.45) is 0.835. The second kappa shape index (κ2) is 7.56. The van der Waals surface area contributed by atoms with E-state index in [2.05, 4.69) is 77.1 Å². The molecule has 0 radical (unpaired) electrons. The maximum absolute atomic E-state index is 13.7. The van der Waals surface area contributed by atoms with E-state index in [1.165, 1.54) is 22.3 Å². The SMILES string of the molecule is COc1ccc(C(=O)N2c3ccc(C)cc3C(C)(c3ccc(C)cc3)CC2(C)C)cc1. The van der Waals surface area contributed by atoms with Gasteiger partial charge in [-0.2, -0.15) is 0 Å². The van der Waals surface area contributed by atoms with Gasteiger partial charge in [0.25, 0.3) is 5.91 Å². The first-order valence-corrected chi connectivity index (χ1v) is 10.8. The van der Waals surface area contributed by atoms with Crippen molar-refractivity contribution >= 4 is 11.6 Å². The van der Waals surface area contributed by atoms with Gasteiger partial charge in [-0.25, -0.2) is 0 Å². The number of hydrogen-bond acceptors (Lipinski definition) is 2. The maximum atomic E-state index is 13.7. The minimum Gasteiger partial charge on any atom is -0.497 e. The first-order valence-electron chi connectivity index (χ1n) is 10.8. The number of carbonyl (C=O) groups is 1. The third-order valence-corrected chi connectivity index (χ3v) is 6.61. The summed E-state index contributed by atoms with van der Waals surface area (Å²) < 4.78 is 5.26. The fraction of sp³-hybridized carbons (Fsp3) is 0.321. The Labute approximate surface area is 185 Å². The molecule has 3 aromatic rings. The summed E-state index contributed by atoms with van der Waals surface area (Å²) in [5.41, 5.74) is 6.06. The molecule has 0 fully saturated rings. The number of hydrogen-bond donors (Lipinski definition) is 0. The lowest BCUT2D eigenvalue weighted by Gasteiger charge is -2.51. The zero-order valence-electron chi connectivity index (χ0n) is 19.3. The second-order valence-corrected chi connectivity index (χ2v) is 9.58. The van der Waals surface area contributed by atoms with E-state index in [0.29, 0.717) is 5.56 Å². The van der Waals surface area contributed by atoms with Crippen LogP contribution in [-0.4, -0.2) is 18.6 Å². The van der Waals surface area contributed by atoms with Gasteiger partial charge in [0.2, 0.25) is 0 Å². The van der Waals surface area contributed by atoms with Crippen molar-refractivity contribution in [2.45, 2.75) is 52.0 Å². The van der Waals surface area contributed by atoms with Crippen LogP contribution in [0.4, 0.5) is 5.69 Å². The molecule has 0 aliphatic carbocycles. The van der Waals surface area contributed by atoms with Crippen molar-refractivity contribution in [2.75, 3.05) is 12.0 Å². The Balaban J connectivity index is 1.87. The molecule has 3 nitrogen and oxygen atoms in total. The second-order valence-electron chi connectivity index (χ2n) is 9.58. The molecule has 0 saturated carbocycles. The average Bonchev–Trinajstić information content (AvgIpc) is 2.74. The number of rotatable bonds is 3. The Bertz CT molecular complexity index is 1110. The summed E-state index contributed by atoms with van der Waals surface area (Å²) >= 11 is 0. The zero-order chi connectivity index (χ0) is 22.4. The standard InChI is InChI=1S/C28H31NO2/c1-19-7-12-22(13-8-19)28(5)18-27(3,4)29(25-16-9-20(2)17-24(25)28)26(30)21-10-14-23(31-6)15-11-21/h7-17H,18H2,1-6H3. The lowest BCUT2D eigenvalue weighted by Crippen LogP contribution is -2.55. The predicted octanol–water partition coefficient (Wildman–Crippen LogP) is 6.45. The van der Waals surface area contributed by atoms with E-state index in [9.17, 15) is 4.79 Å². The molecule has 1 atom stereocenters. The van der Waals surface area contributed by atoms with Gasteiger partial charge in [0.1, 0.15) is 5.75 Å². The molecule has 1 aliphatic rings. The number of nitrogens with zero attached hydrogens (tertiary/aromatic N) is 1. The molecule has 3 aromatic carbocycles. The van der Waals surface area contributed by atoms with Crippen LogP contribution in [0.1, 0.15) is 59.8 Å². The molecule has 3 heteroatoms. The third-order valence-electron chi connectivity index (χ3n) is 6.61. The van der Waals surface area contributed by atoms with Crippen LogP contribution in [0, 0.1) is 13.8 Å². The first-order chi connectivity index (χ1) is 14.7. The number of benzene rings is 3. The molecule has 1 heterocycles. The van der Waals surface area contributed by atoms with Crippen LogP contribution < -0.4 is 9.64 Å². The Morgan fingerprint density at radius 1 is 0.871 bits per heavy atom. The quantitative estimate of drug-likeness (QED) is 0.494. The number of carbonyl (C=O) groups excluding carboxylic acids is 1. The molecule has 0 bridgehead atoms. The largest absolute Gasteiger partial charge is 0.497 e. The Morgan fingerprint density at radius 2 is 1.48 bits per heavy atom. The summed E-state index contributed by atoms with van der Waals surface area (Å²) in [6.45, 7) is 10.9. The van der Waals surface area contributed by atoms with Crippen LogP contribution in [0.3, 0.4) is 0 Å². The highest BCUT2D eigenvalue weighted by molar-refractivity contribution is 6.08. The lowest BCUT2D eigenvalue weighted by molar-refractivity contribution is 0.0948. The molecule has 1 unspecified atom stereocenters. The minimum atomic E-state index is -0.362. The van der Waals surface area contributed by atoms with E-state index in [-0.39, 0.29) is 16.9 Å². The summed E-state index contributed by atoms with van der Waals surface area (Å²) in [7, 11) is 1.63. The van der Waals surface area contributed by atoms with Crippen molar-refractivity contribution in [3.05, 3.63) is 94.5 Å². The van der Waals surface area contributed by atoms with Crippen LogP contribution in [-0.2, 0) is 5.41 Å². The zero-order valence-corrected chi connectivity index (χ0v) is 19.3. The fourth-order valence-electron chi connectivity index (χ4n) is 5.08. The molecule has 0 N–H and O–H groups in total. The molecule has 1 amide bonds. The van der Waals surface area contributed by atoms with Crippen molar-refractivity contribution in [1.29, 1.82) is 0 Å². The van der Waals surface area contributed by atoms with Gasteiger partial charge in [-0.15, -0.1) is 0 Å². The molecular weight excluding hydrogens is 382 g/mol. The van der Waals surface area contributed by atoms with E-state index in [4.69, 9.17) is 4.74 Å². The highest BCUT2D eigenvalue weighted by Crippen LogP contribution is 2.51. The predicted molar refractivity (Wildman–Crippen MR) is 127 cm³/mol. The first kappa shape index (κ1) is 21.2. The average molecular weight is 414 g/mol. The molecule has 0 spiro atoms. The lowest BCUT2D eigenvalue weighted by atomic mass is 9.65. The summed E-state index contributed by atoms with van der Waals surface area (Å²) in [4.78, 5) is 15.7. The molecule has 1 aliphatic heterocycles. The van der Waals surface area contributed by atoms with Crippen LogP contribution in [0.5, 0.6) is 5.75 Å². The van der Waals surface area contributed by atoms with Crippen LogP contribution in [0.25, 0.3) is 0 Å². The van der Waals surface area contributed by atoms with Crippen molar-refractivity contribution in [3.63, 3.8) is 0 Å². The molecule has 4 rings (SSSR count). The summed E-state index contributed by atoms with van der Waals surface area (Å²) in [5, 5.41) is 0. The van der Waals surface area contributed by atoms with Crippen LogP contribution >= 0.6 is 0 Å². The third kappa shape index (κ3) is 3.63. The summed E-state index contributed by atoms with van der Waals surface area (Å²) in [6, 6.07) is 22.7. The minimum absolute atomic E-state index is 0.0173. The van der Waals surface area contributed by atoms with Crippen molar-refractivity contribution in [1.82, 2.24) is 0 Å². The Morgan fingerprint density at radius 3 is 2.10 bits per heavy atom. The number of aryl methyl sites for hydroxylation is 2. The van der Waals surface area contributed by atoms with E-state index in [1.54, 1.807) is 7.11 Å². The van der Waals surface area contributed by atoms with Gasteiger partial charge in [-0.3, -0.25) is 4.79 Å². The monoisotopic (exact) mass is 413 g/mol. The normalized spacial score (nSPS) is 19.6. The van der Waals surface area contributed by atoms with E-state index in [1.807, 2.05) is 29.2 Å². The van der Waals surface area contributed by atoms with Gasteiger partial charge in [0.15, 0.2) is 0 Å². The Hall–Kier alpha value is -3.07. The van der Waals surface area contributed by atoms with Gasteiger partial charge in [-0.1, -0.05) is 54.4 Å². The number of amides is 1. The van der Waals surface area contributed by atoms with Gasteiger partial charge < -0.3 is 9.64 Å². The number of methoxy groups -OCH3 is 1. The Kier molecular flexibility index (Phi) is 5.17. The van der Waals surface area contributed by atoms with Gasteiger partial charge in [0, 0.05) is 22.2 Å². The van der Waals surface area contributed by atoms with Crippen molar-refractivity contribution in [3.8, 4) is 5.75 Å². The molecule has 0 aromatic heterocycles. The highest BCUT2D eigenvalue weighted by Gasteiger charge is 2.47. The topological polar surface area (TPSA) is 29.5 Å². The maximum Gasteiger partial charge on any atom is 0.258 e. The number of ether oxygens (including phenoxy) is 1. The van der Waals surface area contributed by atoms with Crippen molar-refractivity contribution < 1.29 is 9.53 Å². The molecule has 31 heavy (non-hydrogen) atoms. The van der Waals surface area contributed by atoms with Crippen LogP contribution in [0.2, 0.25) is 0 Å². The highest BCUT2D eigenvalue weighted by atomic mass is 16.5.